The number of para-hydroxylation sites is 1. The lowest BCUT2D eigenvalue weighted by Gasteiger charge is -2.18. The van der Waals surface area contributed by atoms with Crippen molar-refractivity contribution in [2.24, 2.45) is 17.8 Å². The minimum absolute atomic E-state index is 0.0880. The maximum atomic E-state index is 12.7. The third-order valence-corrected chi connectivity index (χ3v) is 9.56. The first-order valence-electron chi connectivity index (χ1n) is 16.2. The number of ether oxygens (including phenoxy) is 3. The van der Waals surface area contributed by atoms with Gasteiger partial charge in [-0.3, -0.25) is 14.4 Å². The number of carboxylic acids is 1. The average molecular weight is 625 g/mol. The number of carbonyl (C=O) groups is 3. The zero-order valence-electron chi connectivity index (χ0n) is 26.3. The highest BCUT2D eigenvalue weighted by Crippen LogP contribution is 2.39. The van der Waals surface area contributed by atoms with E-state index in [2.05, 4.69) is 17.2 Å². The molecule has 3 aromatic rings. The topological polar surface area (TPSA) is 124 Å². The van der Waals surface area contributed by atoms with E-state index in [1.54, 1.807) is 0 Å². The van der Waals surface area contributed by atoms with Gasteiger partial charge >= 0.3 is 17.9 Å². The summed E-state index contributed by atoms with van der Waals surface area (Å²) < 4.78 is 16.9. The van der Waals surface area contributed by atoms with E-state index in [9.17, 15) is 19.5 Å². The van der Waals surface area contributed by atoms with Gasteiger partial charge in [0.15, 0.2) is 0 Å². The van der Waals surface area contributed by atoms with E-state index in [-0.39, 0.29) is 36.4 Å². The lowest BCUT2D eigenvalue weighted by atomic mass is 9.87. The molecule has 6 rings (SSSR count). The Hall–Kier alpha value is -4.42. The molecule has 0 unspecified atom stereocenters. The lowest BCUT2D eigenvalue weighted by molar-refractivity contribution is -0.154. The van der Waals surface area contributed by atoms with Gasteiger partial charge in [-0.1, -0.05) is 54.3 Å². The summed E-state index contributed by atoms with van der Waals surface area (Å²) in [5.74, 6) is 4.86. The van der Waals surface area contributed by atoms with Gasteiger partial charge in [-0.2, -0.15) is 0 Å². The van der Waals surface area contributed by atoms with Crippen LogP contribution in [0.2, 0.25) is 0 Å². The smallest absolute Gasteiger partial charge is 0.323 e. The maximum absolute atomic E-state index is 12.7. The minimum atomic E-state index is -0.934. The largest absolute Gasteiger partial charge is 0.481 e. The summed E-state index contributed by atoms with van der Waals surface area (Å²) in [7, 11) is 1.38. The molecule has 3 aliphatic rings. The van der Waals surface area contributed by atoms with Gasteiger partial charge in [-0.15, -0.1) is 0 Å². The number of aryl methyl sites for hydroxylation is 1. The second kappa shape index (κ2) is 13.9. The van der Waals surface area contributed by atoms with Gasteiger partial charge in [0.25, 0.3) is 0 Å². The highest BCUT2D eigenvalue weighted by molar-refractivity contribution is 5.85. The van der Waals surface area contributed by atoms with Crippen molar-refractivity contribution in [3.63, 3.8) is 0 Å². The van der Waals surface area contributed by atoms with Crippen LogP contribution in [0.5, 0.6) is 5.88 Å². The van der Waals surface area contributed by atoms with Crippen LogP contribution in [0, 0.1) is 36.5 Å². The van der Waals surface area contributed by atoms with Crippen LogP contribution in [-0.2, 0) is 36.7 Å². The predicted octanol–water partition coefficient (Wildman–Crippen LogP) is 4.78. The number of unbranched alkanes of at least 4 members (excludes halogenated alkanes) is 1. The van der Waals surface area contributed by atoms with Crippen LogP contribution in [0.4, 0.5) is 0 Å². The van der Waals surface area contributed by atoms with Crippen molar-refractivity contribution in [1.82, 2.24) is 10.3 Å². The Labute approximate surface area is 269 Å². The zero-order chi connectivity index (χ0) is 32.2. The van der Waals surface area contributed by atoms with Crippen LogP contribution in [0.3, 0.4) is 0 Å². The molecule has 5 atom stereocenters. The molecule has 2 aromatic carbocycles. The van der Waals surface area contributed by atoms with Gasteiger partial charge in [0.2, 0.25) is 5.88 Å². The zero-order valence-corrected chi connectivity index (χ0v) is 26.3. The molecule has 1 saturated carbocycles. The van der Waals surface area contributed by atoms with E-state index in [1.807, 2.05) is 55.5 Å². The van der Waals surface area contributed by atoms with E-state index >= 15 is 0 Å². The molecule has 9 nitrogen and oxygen atoms in total. The Morgan fingerprint density at radius 1 is 1.07 bits per heavy atom. The molecule has 240 valence electrons. The number of aromatic nitrogens is 1. The molecule has 2 aliphatic carbocycles. The molecule has 0 bridgehead atoms. The first kappa shape index (κ1) is 31.6. The summed E-state index contributed by atoms with van der Waals surface area (Å²) in [5.41, 5.74) is 4.92. The SMILES string of the molecule is COC(=O)[C@@H]1C[C@@H](Oc2nc3ccccc3c(C)c2C#CCCC[C@@H]2C[C@H]2OC(=O)C[C@H](C(=O)O)C2Cc3ccccc3C2)CN1. The van der Waals surface area contributed by atoms with Crippen molar-refractivity contribution in [1.29, 1.82) is 0 Å². The first-order chi connectivity index (χ1) is 22.3. The van der Waals surface area contributed by atoms with E-state index in [4.69, 9.17) is 19.2 Å². The van der Waals surface area contributed by atoms with E-state index in [0.29, 0.717) is 38.1 Å². The summed E-state index contributed by atoms with van der Waals surface area (Å²) in [6, 6.07) is 15.5. The minimum Gasteiger partial charge on any atom is -0.481 e. The summed E-state index contributed by atoms with van der Waals surface area (Å²) in [5, 5.41) is 14.0. The van der Waals surface area contributed by atoms with Crippen LogP contribution < -0.4 is 10.1 Å². The second-order valence-electron chi connectivity index (χ2n) is 12.7. The van der Waals surface area contributed by atoms with Gasteiger partial charge in [-0.05, 0) is 73.6 Å². The predicted molar refractivity (Wildman–Crippen MR) is 171 cm³/mol. The number of aliphatic carboxylic acids is 1. The van der Waals surface area contributed by atoms with Gasteiger partial charge in [0.05, 0.1) is 30.5 Å². The van der Waals surface area contributed by atoms with Crippen molar-refractivity contribution in [3.8, 4) is 17.7 Å². The quantitative estimate of drug-likeness (QED) is 0.176. The number of hydrogen-bond acceptors (Lipinski definition) is 8. The van der Waals surface area contributed by atoms with Crippen molar-refractivity contribution in [2.75, 3.05) is 13.7 Å². The fraction of sp³-hybridized carbons (Fsp3) is 0.459. The van der Waals surface area contributed by atoms with Crippen LogP contribution in [0.1, 0.15) is 60.8 Å². The molecule has 1 aromatic heterocycles. The second-order valence-corrected chi connectivity index (χ2v) is 12.7. The van der Waals surface area contributed by atoms with Crippen molar-refractivity contribution in [2.45, 2.75) is 76.5 Å². The number of nitrogens with one attached hydrogen (secondary N) is 1. The molecule has 0 radical (unpaired) electrons. The van der Waals surface area contributed by atoms with Gasteiger partial charge in [0.1, 0.15) is 18.2 Å². The Morgan fingerprint density at radius 3 is 2.54 bits per heavy atom. The fourth-order valence-electron chi connectivity index (χ4n) is 6.85. The molecule has 2 N–H and O–H groups in total. The van der Waals surface area contributed by atoms with Crippen LogP contribution >= 0.6 is 0 Å². The van der Waals surface area contributed by atoms with Gasteiger partial charge in [-0.25, -0.2) is 4.98 Å². The van der Waals surface area contributed by atoms with Crippen LogP contribution in [0.15, 0.2) is 48.5 Å². The van der Waals surface area contributed by atoms with Crippen molar-refractivity contribution in [3.05, 3.63) is 70.8 Å². The summed E-state index contributed by atoms with van der Waals surface area (Å²) in [6.07, 6.45) is 4.61. The number of hydrogen-bond donors (Lipinski definition) is 2. The number of methoxy groups -OCH3 is 1. The summed E-state index contributed by atoms with van der Waals surface area (Å²) in [4.78, 5) is 41.5. The molecule has 2 fully saturated rings. The number of benzene rings is 2. The van der Waals surface area contributed by atoms with E-state index in [1.165, 1.54) is 18.2 Å². The van der Waals surface area contributed by atoms with Crippen LogP contribution in [-0.4, -0.2) is 59.9 Å². The molecular formula is C37H40N2O7. The number of carboxylic acid groups (broad SMARTS) is 1. The fourth-order valence-corrected chi connectivity index (χ4v) is 6.85. The summed E-state index contributed by atoms with van der Waals surface area (Å²) >= 11 is 0. The number of rotatable bonds is 11. The molecular weight excluding hydrogens is 584 g/mol. The molecule has 2 heterocycles. The molecule has 46 heavy (non-hydrogen) atoms. The highest BCUT2D eigenvalue weighted by atomic mass is 16.5. The number of carbonyl (C=O) groups excluding carboxylic acids is 2. The first-order valence-corrected chi connectivity index (χ1v) is 16.2. The van der Waals surface area contributed by atoms with E-state index < -0.39 is 23.9 Å². The Morgan fingerprint density at radius 2 is 1.80 bits per heavy atom. The number of fused-ring (bicyclic) bond motifs is 2. The lowest BCUT2D eigenvalue weighted by Crippen LogP contribution is -2.31. The Bertz CT molecular complexity index is 1670. The number of nitrogens with zero attached hydrogens (tertiary/aromatic N) is 1. The maximum Gasteiger partial charge on any atom is 0.323 e. The van der Waals surface area contributed by atoms with Gasteiger partial charge < -0.3 is 24.6 Å². The molecule has 0 amide bonds. The normalized spacial score (nSPS) is 22.4. The molecule has 1 saturated heterocycles. The highest BCUT2D eigenvalue weighted by Gasteiger charge is 2.42. The van der Waals surface area contributed by atoms with Gasteiger partial charge in [0, 0.05) is 24.8 Å². The third-order valence-electron chi connectivity index (χ3n) is 9.56. The average Bonchev–Trinajstić information content (AvgIpc) is 3.40. The van der Waals surface area contributed by atoms with Crippen molar-refractivity contribution < 1.29 is 33.7 Å². The Balaban J connectivity index is 1.00. The third kappa shape index (κ3) is 7.18. The molecule has 0 spiro atoms. The molecule has 9 heteroatoms. The Kier molecular flexibility index (Phi) is 9.55. The monoisotopic (exact) mass is 624 g/mol. The number of esters is 2. The number of pyridine rings is 1. The van der Waals surface area contributed by atoms with Crippen LogP contribution in [0.25, 0.3) is 10.9 Å². The standard InChI is InChI=1S/C37H40N2O7/c1-22-28-13-8-9-15-31(28)39-35(45-27-19-32(38-21-27)37(43)44-2)29(22)14-5-3-4-12-25-18-33(25)46-34(40)20-30(36(41)42)26-16-23-10-6-7-11-24(23)17-26/h6-11,13,15,25-27,30,32-33,38H,3-4,12,16-21H2,1-2H3,(H,41,42)/t25-,27-,30+,32+,33-/m1/s1. The van der Waals surface area contributed by atoms with E-state index in [0.717, 1.165) is 41.3 Å². The summed E-state index contributed by atoms with van der Waals surface area (Å²) in [6.45, 7) is 2.54. The van der Waals surface area contributed by atoms with Crippen molar-refractivity contribution >= 4 is 28.8 Å². The molecule has 1 aliphatic heterocycles.